The van der Waals surface area contributed by atoms with Crippen molar-refractivity contribution in [3.63, 3.8) is 0 Å². The molecule has 1 saturated heterocycles. The van der Waals surface area contributed by atoms with Crippen LogP contribution < -0.4 is 0 Å². The minimum Gasteiger partial charge on any atom is -0.381 e. The zero-order valence-electron chi connectivity index (χ0n) is 7.57. The van der Waals surface area contributed by atoms with Crippen molar-refractivity contribution in [2.75, 3.05) is 25.4 Å². The lowest BCUT2D eigenvalue weighted by molar-refractivity contribution is 0.0605. The smallest absolute Gasteiger partial charge is 0.228 e. The van der Waals surface area contributed by atoms with E-state index in [1.807, 2.05) is 0 Å². The zero-order valence-corrected chi connectivity index (χ0v) is 9.14. The number of methoxy groups -OCH3 is 1. The van der Waals surface area contributed by atoms with Crippen LogP contribution in [0.2, 0.25) is 0 Å². The van der Waals surface area contributed by atoms with Crippen molar-refractivity contribution < 1.29 is 13.2 Å². The molecule has 0 aromatic carbocycles. The third-order valence-electron chi connectivity index (χ3n) is 2.27. The molecule has 0 N–H and O–H groups in total. The highest BCUT2D eigenvalue weighted by atomic mass is 35.5. The van der Waals surface area contributed by atoms with E-state index in [4.69, 9.17) is 16.3 Å². The van der Waals surface area contributed by atoms with Crippen LogP contribution in [0.1, 0.15) is 12.8 Å². The molecule has 6 heteroatoms. The number of alkyl halides is 1. The first-order valence-corrected chi connectivity index (χ1v) is 6.31. The summed E-state index contributed by atoms with van der Waals surface area (Å²) in [6, 6.07) is 0. The molecule has 4 nitrogen and oxygen atoms in total. The van der Waals surface area contributed by atoms with E-state index in [-0.39, 0.29) is 11.3 Å². The van der Waals surface area contributed by atoms with Crippen molar-refractivity contribution >= 4 is 21.6 Å². The van der Waals surface area contributed by atoms with Gasteiger partial charge in [-0.05, 0) is 12.8 Å². The molecule has 0 atom stereocenters. The average molecular weight is 228 g/mol. The van der Waals surface area contributed by atoms with Crippen LogP contribution in [0.3, 0.4) is 0 Å². The van der Waals surface area contributed by atoms with Gasteiger partial charge in [0.25, 0.3) is 0 Å². The Bertz CT molecular complexity index is 246. The number of sulfonamides is 1. The van der Waals surface area contributed by atoms with Crippen molar-refractivity contribution in [1.82, 2.24) is 4.31 Å². The maximum atomic E-state index is 11.3. The van der Waals surface area contributed by atoms with E-state index in [1.165, 1.54) is 4.31 Å². The molecule has 0 aromatic rings. The summed E-state index contributed by atoms with van der Waals surface area (Å²) in [4.78, 5) is 0. The summed E-state index contributed by atoms with van der Waals surface area (Å²) in [7, 11) is -1.56. The Morgan fingerprint density at radius 2 is 2.00 bits per heavy atom. The van der Waals surface area contributed by atoms with Gasteiger partial charge in [-0.15, -0.1) is 11.6 Å². The Hall–Kier alpha value is 0.160. The maximum Gasteiger partial charge on any atom is 0.228 e. The van der Waals surface area contributed by atoms with Gasteiger partial charge in [-0.3, -0.25) is 0 Å². The van der Waals surface area contributed by atoms with Gasteiger partial charge in [-0.2, -0.15) is 0 Å². The molecule has 1 fully saturated rings. The van der Waals surface area contributed by atoms with Gasteiger partial charge in [0.1, 0.15) is 5.21 Å². The second-order valence-electron chi connectivity index (χ2n) is 3.06. The number of nitrogens with zero attached hydrogens (tertiary/aromatic N) is 1. The highest BCUT2D eigenvalue weighted by Gasteiger charge is 2.26. The molecule has 13 heavy (non-hydrogen) atoms. The molecule has 1 rings (SSSR count). The van der Waals surface area contributed by atoms with Crippen LogP contribution in [-0.2, 0) is 14.8 Å². The zero-order chi connectivity index (χ0) is 9.90. The molecule has 1 heterocycles. The van der Waals surface area contributed by atoms with Gasteiger partial charge >= 0.3 is 0 Å². The van der Waals surface area contributed by atoms with Gasteiger partial charge in [-0.1, -0.05) is 0 Å². The SMILES string of the molecule is COC1CCN(S(=O)(=O)CCl)CC1. The molecule has 0 aromatic heterocycles. The summed E-state index contributed by atoms with van der Waals surface area (Å²) in [6.45, 7) is 1.04. The number of ether oxygens (including phenoxy) is 1. The lowest BCUT2D eigenvalue weighted by Crippen LogP contribution is -2.40. The van der Waals surface area contributed by atoms with E-state index < -0.39 is 10.0 Å². The molecule has 0 unspecified atom stereocenters. The van der Waals surface area contributed by atoms with Gasteiger partial charge in [0, 0.05) is 20.2 Å². The van der Waals surface area contributed by atoms with E-state index in [0.29, 0.717) is 13.1 Å². The molecule has 0 radical (unpaired) electrons. The molecule has 1 aliphatic heterocycles. The van der Waals surface area contributed by atoms with Crippen LogP contribution in [0, 0.1) is 0 Å². The normalized spacial score (nSPS) is 22.0. The molecular formula is C7H14ClNO3S. The van der Waals surface area contributed by atoms with Crippen LogP contribution in [0.4, 0.5) is 0 Å². The van der Waals surface area contributed by atoms with Crippen LogP contribution in [0.25, 0.3) is 0 Å². The first kappa shape index (κ1) is 11.2. The van der Waals surface area contributed by atoms with Gasteiger partial charge in [0.05, 0.1) is 6.10 Å². The molecule has 0 bridgehead atoms. The van der Waals surface area contributed by atoms with Crippen LogP contribution in [-0.4, -0.2) is 44.2 Å². The Morgan fingerprint density at radius 1 is 1.46 bits per heavy atom. The monoisotopic (exact) mass is 227 g/mol. The van der Waals surface area contributed by atoms with E-state index >= 15 is 0 Å². The topological polar surface area (TPSA) is 46.6 Å². The van der Waals surface area contributed by atoms with Crippen molar-refractivity contribution in [3.8, 4) is 0 Å². The fourth-order valence-corrected chi connectivity index (χ4v) is 2.73. The predicted octanol–water partition coefficient (Wildman–Crippen LogP) is 0.623. The average Bonchev–Trinajstić information content (AvgIpc) is 2.18. The third kappa shape index (κ3) is 2.80. The predicted molar refractivity (Wildman–Crippen MR) is 51.2 cm³/mol. The van der Waals surface area contributed by atoms with E-state index in [9.17, 15) is 8.42 Å². The number of hydrogen-bond donors (Lipinski definition) is 0. The summed E-state index contributed by atoms with van der Waals surface area (Å²) >= 11 is 5.34. The Morgan fingerprint density at radius 3 is 2.38 bits per heavy atom. The molecule has 0 saturated carbocycles. The van der Waals surface area contributed by atoms with Crippen molar-refractivity contribution in [2.24, 2.45) is 0 Å². The second kappa shape index (κ2) is 4.59. The molecular weight excluding hydrogens is 214 g/mol. The summed E-state index contributed by atoms with van der Waals surface area (Å²) in [5.41, 5.74) is 0. The Labute approximate surface area is 83.9 Å². The molecule has 0 aliphatic carbocycles. The van der Waals surface area contributed by atoms with E-state index in [0.717, 1.165) is 12.8 Å². The molecule has 1 aliphatic rings. The molecule has 0 spiro atoms. The summed E-state index contributed by atoms with van der Waals surface area (Å²) < 4.78 is 29.2. The quantitative estimate of drug-likeness (QED) is 0.665. The Balaban J connectivity index is 2.50. The van der Waals surface area contributed by atoms with E-state index in [2.05, 4.69) is 0 Å². The molecule has 0 amide bonds. The summed E-state index contributed by atoms with van der Waals surface area (Å²) in [5, 5.41) is -0.329. The first-order chi connectivity index (χ1) is 6.10. The third-order valence-corrected chi connectivity index (χ3v) is 4.52. The number of hydrogen-bond acceptors (Lipinski definition) is 3. The highest BCUT2D eigenvalue weighted by molar-refractivity contribution is 7.90. The lowest BCUT2D eigenvalue weighted by atomic mass is 10.1. The van der Waals surface area contributed by atoms with Crippen molar-refractivity contribution in [3.05, 3.63) is 0 Å². The first-order valence-electron chi connectivity index (χ1n) is 4.16. The standard InChI is InChI=1S/C7H14ClNO3S/c1-12-7-2-4-9(5-3-7)13(10,11)6-8/h7H,2-6H2,1H3. The van der Waals surface area contributed by atoms with E-state index in [1.54, 1.807) is 7.11 Å². The fourth-order valence-electron chi connectivity index (χ4n) is 1.41. The lowest BCUT2D eigenvalue weighted by Gasteiger charge is -2.29. The van der Waals surface area contributed by atoms with Gasteiger partial charge in [0.2, 0.25) is 10.0 Å². The number of piperidine rings is 1. The second-order valence-corrected chi connectivity index (χ2v) is 5.61. The minimum absolute atomic E-state index is 0.196. The summed E-state index contributed by atoms with van der Waals surface area (Å²) in [5.74, 6) is 0. The largest absolute Gasteiger partial charge is 0.381 e. The number of halogens is 1. The number of rotatable bonds is 3. The van der Waals surface area contributed by atoms with Crippen LogP contribution in [0.5, 0.6) is 0 Å². The Kier molecular flexibility index (Phi) is 3.97. The fraction of sp³-hybridized carbons (Fsp3) is 1.00. The highest BCUT2D eigenvalue weighted by Crippen LogP contribution is 2.16. The van der Waals surface area contributed by atoms with Crippen molar-refractivity contribution in [1.29, 1.82) is 0 Å². The van der Waals surface area contributed by atoms with Crippen molar-refractivity contribution in [2.45, 2.75) is 18.9 Å². The van der Waals surface area contributed by atoms with Gasteiger partial charge in [-0.25, -0.2) is 12.7 Å². The summed E-state index contributed by atoms with van der Waals surface area (Å²) in [6.07, 6.45) is 1.71. The maximum absolute atomic E-state index is 11.3. The van der Waals surface area contributed by atoms with Gasteiger partial charge < -0.3 is 4.74 Å². The van der Waals surface area contributed by atoms with Gasteiger partial charge in [0.15, 0.2) is 0 Å². The van der Waals surface area contributed by atoms with Crippen LogP contribution in [0.15, 0.2) is 0 Å². The molecule has 78 valence electrons. The van der Waals surface area contributed by atoms with Crippen LogP contribution >= 0.6 is 11.6 Å². The minimum atomic E-state index is -3.21.